The maximum Gasteiger partial charge on any atom is 0.325 e. The molecule has 146 valence electrons. The highest BCUT2D eigenvalue weighted by Crippen LogP contribution is 2.29. The van der Waals surface area contributed by atoms with Crippen molar-refractivity contribution in [3.05, 3.63) is 35.4 Å². The van der Waals surface area contributed by atoms with E-state index in [0.717, 1.165) is 36.4 Å². The van der Waals surface area contributed by atoms with Crippen LogP contribution in [0.2, 0.25) is 0 Å². The van der Waals surface area contributed by atoms with Gasteiger partial charge >= 0.3 is 6.03 Å². The molecule has 2 heterocycles. The average Bonchev–Trinajstić information content (AvgIpc) is 2.85. The van der Waals surface area contributed by atoms with Crippen molar-refractivity contribution in [2.75, 3.05) is 26.2 Å². The van der Waals surface area contributed by atoms with Crippen LogP contribution in [0.1, 0.15) is 37.8 Å². The predicted molar refractivity (Wildman–Crippen MR) is 102 cm³/mol. The lowest BCUT2D eigenvalue weighted by molar-refractivity contribution is -0.135. The largest absolute Gasteiger partial charge is 0.354 e. The zero-order valence-electron chi connectivity index (χ0n) is 16.2. The van der Waals surface area contributed by atoms with Crippen LogP contribution in [0.15, 0.2) is 24.3 Å². The Morgan fingerprint density at radius 1 is 1.15 bits per heavy atom. The minimum atomic E-state index is -1.15. The van der Waals surface area contributed by atoms with Crippen LogP contribution in [0.25, 0.3) is 0 Å². The third kappa shape index (κ3) is 3.98. The van der Waals surface area contributed by atoms with Gasteiger partial charge in [0.2, 0.25) is 5.91 Å². The predicted octanol–water partition coefficient (Wildman–Crippen LogP) is 1.27. The smallest absolute Gasteiger partial charge is 0.325 e. The van der Waals surface area contributed by atoms with Gasteiger partial charge in [-0.1, -0.05) is 36.8 Å². The Morgan fingerprint density at radius 3 is 2.41 bits per heavy atom. The second-order valence-electron chi connectivity index (χ2n) is 8.15. The van der Waals surface area contributed by atoms with Crippen LogP contribution in [-0.2, 0) is 15.1 Å². The van der Waals surface area contributed by atoms with E-state index in [0.29, 0.717) is 12.1 Å². The number of imide groups is 1. The standard InChI is InChI=1S/C20H28N4O3/c1-14-4-6-15(7-5-14)20(3)17(26)24(18(27)23-20)12-16(25)22-13-19(2)8-10-21-11-9-19/h4-7,21H,8-13H2,1-3H3,(H,22,25)(H,23,27). The fraction of sp³-hybridized carbons (Fsp3) is 0.550. The van der Waals surface area contributed by atoms with Crippen LogP contribution in [0.5, 0.6) is 0 Å². The van der Waals surface area contributed by atoms with Crippen LogP contribution in [-0.4, -0.2) is 48.9 Å². The quantitative estimate of drug-likeness (QED) is 0.679. The first-order valence-corrected chi connectivity index (χ1v) is 9.42. The van der Waals surface area contributed by atoms with Gasteiger partial charge in [0, 0.05) is 6.54 Å². The highest BCUT2D eigenvalue weighted by Gasteiger charge is 2.49. The van der Waals surface area contributed by atoms with Gasteiger partial charge in [0.25, 0.3) is 5.91 Å². The van der Waals surface area contributed by atoms with Crippen LogP contribution < -0.4 is 16.0 Å². The van der Waals surface area contributed by atoms with E-state index < -0.39 is 17.5 Å². The Hall–Kier alpha value is -2.41. The topological polar surface area (TPSA) is 90.5 Å². The number of piperidine rings is 1. The SMILES string of the molecule is Cc1ccc(C2(C)NC(=O)N(CC(=O)NCC3(C)CCNCC3)C2=O)cc1. The van der Waals surface area contributed by atoms with Gasteiger partial charge in [0.1, 0.15) is 12.1 Å². The Balaban J connectivity index is 1.63. The van der Waals surface area contributed by atoms with Crippen molar-refractivity contribution in [2.24, 2.45) is 5.41 Å². The molecule has 1 aromatic carbocycles. The molecule has 2 fully saturated rings. The molecule has 1 unspecified atom stereocenters. The molecule has 4 amide bonds. The van der Waals surface area contributed by atoms with Crippen molar-refractivity contribution in [1.82, 2.24) is 20.9 Å². The Bertz CT molecular complexity index is 740. The summed E-state index contributed by atoms with van der Waals surface area (Å²) in [5.74, 6) is -0.717. The summed E-state index contributed by atoms with van der Waals surface area (Å²) in [6.07, 6.45) is 1.98. The number of urea groups is 1. The fourth-order valence-electron chi connectivity index (χ4n) is 3.64. The van der Waals surface area contributed by atoms with Gasteiger partial charge in [-0.05, 0) is 50.8 Å². The summed E-state index contributed by atoms with van der Waals surface area (Å²) < 4.78 is 0. The van der Waals surface area contributed by atoms with Crippen molar-refractivity contribution in [3.8, 4) is 0 Å². The summed E-state index contributed by atoms with van der Waals surface area (Å²) in [7, 11) is 0. The van der Waals surface area contributed by atoms with Gasteiger partial charge in [-0.15, -0.1) is 0 Å². The number of hydrogen-bond donors (Lipinski definition) is 3. The van der Waals surface area contributed by atoms with Gasteiger partial charge in [0.05, 0.1) is 0 Å². The number of carbonyl (C=O) groups is 3. The first-order valence-electron chi connectivity index (χ1n) is 9.42. The van der Waals surface area contributed by atoms with Crippen molar-refractivity contribution < 1.29 is 14.4 Å². The van der Waals surface area contributed by atoms with Crippen molar-refractivity contribution in [1.29, 1.82) is 0 Å². The van der Waals surface area contributed by atoms with Crippen LogP contribution in [0.3, 0.4) is 0 Å². The number of hydrogen-bond acceptors (Lipinski definition) is 4. The molecule has 1 aromatic rings. The maximum atomic E-state index is 12.9. The minimum absolute atomic E-state index is 0.0502. The number of nitrogens with one attached hydrogen (secondary N) is 3. The lowest BCUT2D eigenvalue weighted by Crippen LogP contribution is -2.47. The minimum Gasteiger partial charge on any atom is -0.354 e. The Labute approximate surface area is 159 Å². The third-order valence-electron chi connectivity index (χ3n) is 5.73. The summed E-state index contributed by atoms with van der Waals surface area (Å²) in [5.41, 5.74) is 0.680. The fourth-order valence-corrected chi connectivity index (χ4v) is 3.64. The number of carbonyl (C=O) groups excluding carboxylic acids is 3. The van der Waals surface area contributed by atoms with Gasteiger partial charge in [-0.3, -0.25) is 14.5 Å². The van der Waals surface area contributed by atoms with Gasteiger partial charge in [0.15, 0.2) is 0 Å². The summed E-state index contributed by atoms with van der Waals surface area (Å²) in [4.78, 5) is 38.6. The summed E-state index contributed by atoms with van der Waals surface area (Å²) >= 11 is 0. The molecule has 2 saturated heterocycles. The van der Waals surface area contributed by atoms with E-state index >= 15 is 0 Å². The molecule has 3 rings (SSSR count). The molecule has 1 atom stereocenters. The first-order chi connectivity index (χ1) is 12.7. The monoisotopic (exact) mass is 372 g/mol. The molecular weight excluding hydrogens is 344 g/mol. The number of aryl methyl sites for hydroxylation is 1. The lowest BCUT2D eigenvalue weighted by atomic mass is 9.81. The zero-order chi connectivity index (χ0) is 19.7. The second-order valence-corrected chi connectivity index (χ2v) is 8.15. The summed E-state index contributed by atoms with van der Waals surface area (Å²) in [6.45, 7) is 7.94. The van der Waals surface area contributed by atoms with Crippen LogP contribution >= 0.6 is 0 Å². The van der Waals surface area contributed by atoms with Gasteiger partial charge in [-0.2, -0.15) is 0 Å². The summed E-state index contributed by atoms with van der Waals surface area (Å²) in [5, 5.41) is 8.94. The van der Waals surface area contributed by atoms with E-state index in [1.165, 1.54) is 0 Å². The molecular formula is C20H28N4O3. The highest BCUT2D eigenvalue weighted by atomic mass is 16.2. The number of nitrogens with zero attached hydrogens (tertiary/aromatic N) is 1. The molecule has 0 saturated carbocycles. The first kappa shape index (κ1) is 19.4. The lowest BCUT2D eigenvalue weighted by Gasteiger charge is -2.34. The normalized spacial score (nSPS) is 24.6. The third-order valence-corrected chi connectivity index (χ3v) is 5.73. The number of amides is 4. The van der Waals surface area contributed by atoms with E-state index in [1.807, 2.05) is 31.2 Å². The van der Waals surface area contributed by atoms with Gasteiger partial charge in [-0.25, -0.2) is 4.79 Å². The number of rotatable bonds is 5. The molecule has 7 nitrogen and oxygen atoms in total. The van der Waals surface area contributed by atoms with Crippen LogP contribution in [0.4, 0.5) is 4.79 Å². The molecule has 0 aromatic heterocycles. The Kier molecular flexibility index (Phi) is 5.24. The maximum absolute atomic E-state index is 12.9. The molecule has 2 aliphatic rings. The average molecular weight is 372 g/mol. The molecule has 0 spiro atoms. The van der Waals surface area contributed by atoms with Crippen molar-refractivity contribution in [2.45, 2.75) is 39.2 Å². The van der Waals surface area contributed by atoms with Crippen molar-refractivity contribution >= 4 is 17.8 Å². The Morgan fingerprint density at radius 2 is 1.78 bits per heavy atom. The molecule has 0 radical (unpaired) electrons. The highest BCUT2D eigenvalue weighted by molar-refractivity contribution is 6.09. The van der Waals surface area contributed by atoms with Crippen LogP contribution in [0, 0.1) is 12.3 Å². The van der Waals surface area contributed by atoms with Gasteiger partial charge < -0.3 is 16.0 Å². The second kappa shape index (κ2) is 7.31. The van der Waals surface area contributed by atoms with E-state index in [4.69, 9.17) is 0 Å². The molecule has 7 heteroatoms. The zero-order valence-corrected chi connectivity index (χ0v) is 16.2. The van der Waals surface area contributed by atoms with E-state index in [2.05, 4.69) is 22.9 Å². The molecule has 0 bridgehead atoms. The molecule has 27 heavy (non-hydrogen) atoms. The van der Waals surface area contributed by atoms with E-state index in [1.54, 1.807) is 6.92 Å². The van der Waals surface area contributed by atoms with E-state index in [9.17, 15) is 14.4 Å². The molecule has 2 aliphatic heterocycles. The number of benzene rings is 1. The molecule has 3 N–H and O–H groups in total. The van der Waals surface area contributed by atoms with Crippen molar-refractivity contribution in [3.63, 3.8) is 0 Å². The molecule has 0 aliphatic carbocycles. The summed E-state index contributed by atoms with van der Waals surface area (Å²) in [6, 6.07) is 6.92. The van der Waals surface area contributed by atoms with E-state index in [-0.39, 0.29) is 17.9 Å².